The van der Waals surface area contributed by atoms with Gasteiger partial charge in [0.2, 0.25) is 5.91 Å². The van der Waals surface area contributed by atoms with Crippen molar-refractivity contribution in [3.05, 3.63) is 54.1 Å². The number of rotatable bonds is 6. The Labute approximate surface area is 142 Å². The Morgan fingerprint density at radius 3 is 2.78 bits per heavy atom. The molecule has 0 unspecified atom stereocenters. The van der Waals surface area contributed by atoms with Gasteiger partial charge in [-0.05, 0) is 37.3 Å². The van der Waals surface area contributed by atoms with Gasteiger partial charge in [-0.1, -0.05) is 0 Å². The second-order valence-electron chi connectivity index (χ2n) is 4.83. The lowest BCUT2D eigenvalue weighted by atomic mass is 10.3. The maximum absolute atomic E-state index is 12.0. The Kier molecular flexibility index (Phi) is 5.04. The van der Waals surface area contributed by atoms with E-state index in [1.807, 2.05) is 43.5 Å². The molecular formula is C15H15N5OS2. The van der Waals surface area contributed by atoms with Crippen molar-refractivity contribution in [1.29, 1.82) is 0 Å². The number of thioether (sulfide) groups is 1. The highest BCUT2D eigenvalue weighted by Crippen LogP contribution is 2.16. The third-order valence-electron chi connectivity index (χ3n) is 3.14. The maximum Gasteiger partial charge on any atom is 0.234 e. The SMILES string of the molecule is Cc1nsnc1CSCC(=O)Nc1ccc(-n2cccn2)cc1. The third-order valence-corrected chi connectivity index (χ3v) is 4.74. The molecule has 118 valence electrons. The van der Waals surface area contributed by atoms with Gasteiger partial charge in [-0.15, -0.1) is 11.8 Å². The first-order chi connectivity index (χ1) is 11.2. The molecule has 2 aromatic heterocycles. The predicted molar refractivity (Wildman–Crippen MR) is 93.0 cm³/mol. The van der Waals surface area contributed by atoms with Crippen molar-refractivity contribution >= 4 is 35.1 Å². The van der Waals surface area contributed by atoms with Crippen molar-refractivity contribution in [2.45, 2.75) is 12.7 Å². The van der Waals surface area contributed by atoms with E-state index < -0.39 is 0 Å². The van der Waals surface area contributed by atoms with Crippen molar-refractivity contribution in [3.8, 4) is 5.69 Å². The summed E-state index contributed by atoms with van der Waals surface area (Å²) in [5, 5.41) is 7.05. The second-order valence-corrected chi connectivity index (χ2v) is 6.35. The average Bonchev–Trinajstić information content (AvgIpc) is 3.20. The first kappa shape index (κ1) is 15.7. The zero-order valence-electron chi connectivity index (χ0n) is 12.5. The number of nitrogens with one attached hydrogen (secondary N) is 1. The summed E-state index contributed by atoms with van der Waals surface area (Å²) in [4.78, 5) is 12.0. The van der Waals surface area contributed by atoms with Gasteiger partial charge in [0.1, 0.15) is 0 Å². The van der Waals surface area contributed by atoms with Crippen LogP contribution in [-0.2, 0) is 10.5 Å². The lowest BCUT2D eigenvalue weighted by Crippen LogP contribution is -2.14. The Morgan fingerprint density at radius 1 is 1.30 bits per heavy atom. The average molecular weight is 345 g/mol. The molecule has 23 heavy (non-hydrogen) atoms. The number of benzene rings is 1. The summed E-state index contributed by atoms with van der Waals surface area (Å²) in [6.45, 7) is 1.93. The summed E-state index contributed by atoms with van der Waals surface area (Å²) in [5.74, 6) is 1.06. The molecule has 0 saturated heterocycles. The highest BCUT2D eigenvalue weighted by Gasteiger charge is 2.07. The molecule has 3 aromatic rings. The van der Waals surface area contributed by atoms with Gasteiger partial charge in [0.05, 0.1) is 34.6 Å². The van der Waals surface area contributed by atoms with E-state index in [2.05, 4.69) is 19.2 Å². The molecule has 0 atom stereocenters. The Hall–Kier alpha value is -2.19. The van der Waals surface area contributed by atoms with Crippen LogP contribution in [0.3, 0.4) is 0 Å². The van der Waals surface area contributed by atoms with Gasteiger partial charge >= 0.3 is 0 Å². The van der Waals surface area contributed by atoms with Crippen LogP contribution in [0.25, 0.3) is 5.69 Å². The molecule has 0 spiro atoms. The molecule has 8 heteroatoms. The first-order valence-corrected chi connectivity index (χ1v) is 8.86. The van der Waals surface area contributed by atoms with Crippen LogP contribution in [0.1, 0.15) is 11.4 Å². The van der Waals surface area contributed by atoms with E-state index in [1.54, 1.807) is 10.9 Å². The summed E-state index contributed by atoms with van der Waals surface area (Å²) in [6.07, 6.45) is 3.60. The van der Waals surface area contributed by atoms with Gasteiger partial charge in [-0.3, -0.25) is 4.79 Å². The number of nitrogens with zero attached hydrogens (tertiary/aromatic N) is 4. The number of carbonyl (C=O) groups is 1. The molecule has 0 aliphatic heterocycles. The highest BCUT2D eigenvalue weighted by molar-refractivity contribution is 7.99. The molecule has 1 N–H and O–H groups in total. The molecule has 0 aliphatic rings. The first-order valence-electron chi connectivity index (χ1n) is 6.98. The van der Waals surface area contributed by atoms with E-state index in [4.69, 9.17) is 0 Å². The molecule has 1 aromatic carbocycles. The quantitative estimate of drug-likeness (QED) is 0.744. The smallest absolute Gasteiger partial charge is 0.234 e. The lowest BCUT2D eigenvalue weighted by Gasteiger charge is -2.06. The van der Waals surface area contributed by atoms with Crippen LogP contribution in [0.15, 0.2) is 42.7 Å². The van der Waals surface area contributed by atoms with Crippen molar-refractivity contribution in [3.63, 3.8) is 0 Å². The summed E-state index contributed by atoms with van der Waals surface area (Å²) in [5.41, 5.74) is 3.63. The minimum Gasteiger partial charge on any atom is -0.325 e. The molecular weight excluding hydrogens is 330 g/mol. The minimum absolute atomic E-state index is 0.0253. The Bertz CT molecular complexity index is 768. The fraction of sp³-hybridized carbons (Fsp3) is 0.200. The van der Waals surface area contributed by atoms with Crippen molar-refractivity contribution in [1.82, 2.24) is 18.5 Å². The number of carbonyl (C=O) groups excluding carboxylic acids is 1. The molecule has 0 saturated carbocycles. The molecule has 3 rings (SSSR count). The van der Waals surface area contributed by atoms with Gasteiger partial charge in [0.15, 0.2) is 0 Å². The van der Waals surface area contributed by atoms with Gasteiger partial charge < -0.3 is 5.32 Å². The van der Waals surface area contributed by atoms with Crippen LogP contribution in [0, 0.1) is 6.92 Å². The summed E-state index contributed by atoms with van der Waals surface area (Å²) in [6, 6.07) is 9.44. The number of aromatic nitrogens is 4. The fourth-order valence-corrected chi connectivity index (χ4v) is 3.41. The van der Waals surface area contributed by atoms with E-state index in [-0.39, 0.29) is 5.91 Å². The third kappa shape index (κ3) is 4.17. The molecule has 2 heterocycles. The van der Waals surface area contributed by atoms with Crippen LogP contribution in [-0.4, -0.2) is 30.2 Å². The number of amides is 1. The molecule has 0 fully saturated rings. The van der Waals surface area contributed by atoms with E-state index in [0.717, 1.165) is 22.8 Å². The highest BCUT2D eigenvalue weighted by atomic mass is 32.2. The molecule has 0 bridgehead atoms. The largest absolute Gasteiger partial charge is 0.325 e. The zero-order chi connectivity index (χ0) is 16.1. The summed E-state index contributed by atoms with van der Waals surface area (Å²) in [7, 11) is 0. The van der Waals surface area contributed by atoms with Crippen LogP contribution < -0.4 is 5.32 Å². The van der Waals surface area contributed by atoms with E-state index in [1.165, 1.54) is 23.5 Å². The van der Waals surface area contributed by atoms with Crippen LogP contribution in [0.2, 0.25) is 0 Å². The van der Waals surface area contributed by atoms with Gasteiger partial charge in [-0.2, -0.15) is 13.8 Å². The monoisotopic (exact) mass is 345 g/mol. The van der Waals surface area contributed by atoms with E-state index in [0.29, 0.717) is 11.5 Å². The predicted octanol–water partition coefficient (Wildman–Crippen LogP) is 2.90. The van der Waals surface area contributed by atoms with Crippen molar-refractivity contribution in [2.75, 3.05) is 11.1 Å². The molecule has 6 nitrogen and oxygen atoms in total. The zero-order valence-corrected chi connectivity index (χ0v) is 14.1. The number of hydrogen-bond donors (Lipinski definition) is 1. The van der Waals surface area contributed by atoms with Crippen LogP contribution in [0.5, 0.6) is 0 Å². The molecule has 0 radical (unpaired) electrons. The number of hydrogen-bond acceptors (Lipinski definition) is 6. The van der Waals surface area contributed by atoms with E-state index in [9.17, 15) is 4.79 Å². The summed E-state index contributed by atoms with van der Waals surface area (Å²) < 4.78 is 10.1. The fourth-order valence-electron chi connectivity index (χ4n) is 1.94. The standard InChI is InChI=1S/C15H15N5OS2/c1-11-14(19-23-18-11)9-22-10-15(21)17-12-3-5-13(6-4-12)20-8-2-7-16-20/h2-8H,9-10H2,1H3,(H,17,21). The Morgan fingerprint density at radius 2 is 2.13 bits per heavy atom. The van der Waals surface area contributed by atoms with E-state index >= 15 is 0 Å². The lowest BCUT2D eigenvalue weighted by molar-refractivity contribution is -0.113. The van der Waals surface area contributed by atoms with Gasteiger partial charge in [-0.25, -0.2) is 4.68 Å². The normalized spacial score (nSPS) is 10.7. The topological polar surface area (TPSA) is 72.7 Å². The molecule has 1 amide bonds. The number of anilines is 1. The van der Waals surface area contributed by atoms with Crippen LogP contribution >= 0.6 is 23.5 Å². The maximum atomic E-state index is 12.0. The summed E-state index contributed by atoms with van der Waals surface area (Å²) >= 11 is 2.74. The second kappa shape index (κ2) is 7.38. The van der Waals surface area contributed by atoms with Crippen molar-refractivity contribution in [2.24, 2.45) is 0 Å². The van der Waals surface area contributed by atoms with Gasteiger partial charge in [0.25, 0.3) is 0 Å². The Balaban J connectivity index is 1.49. The van der Waals surface area contributed by atoms with Crippen LogP contribution in [0.4, 0.5) is 5.69 Å². The minimum atomic E-state index is -0.0253. The number of aryl methyl sites for hydroxylation is 1. The van der Waals surface area contributed by atoms with Gasteiger partial charge in [0, 0.05) is 23.8 Å². The molecule has 0 aliphatic carbocycles. The van der Waals surface area contributed by atoms with Crippen molar-refractivity contribution < 1.29 is 4.79 Å².